The average molecular weight is 267 g/mol. The fourth-order valence-corrected chi connectivity index (χ4v) is 2.66. The van der Waals surface area contributed by atoms with Crippen molar-refractivity contribution in [3.8, 4) is 0 Å². The molecule has 0 heterocycles. The van der Waals surface area contributed by atoms with Crippen molar-refractivity contribution < 1.29 is 8.60 Å². The normalized spacial score (nSPS) is 19.7. The second-order valence-electron chi connectivity index (χ2n) is 5.53. The molecule has 0 N–H and O–H groups in total. The second-order valence-corrected chi connectivity index (χ2v) is 7.43. The molecular weight excluding hydrogens is 249 g/mol. The maximum Gasteiger partial charge on any atom is 0.145 e. The topological polar surface area (TPSA) is 29.4 Å². The van der Waals surface area contributed by atoms with Crippen molar-refractivity contribution in [1.29, 1.82) is 0 Å². The molecule has 1 aromatic carbocycles. The van der Waals surface area contributed by atoms with Crippen LogP contribution >= 0.6 is 0 Å². The predicted octanol–water partition coefficient (Wildman–Crippen LogP) is 3.41. The molecule has 0 radical (unpaired) electrons. The van der Waals surface area contributed by atoms with E-state index in [1.165, 1.54) is 6.07 Å². The van der Waals surface area contributed by atoms with E-state index in [1.54, 1.807) is 6.07 Å². The zero-order valence-electron chi connectivity index (χ0n) is 11.0. The number of halogens is 1. The lowest BCUT2D eigenvalue weighted by Crippen LogP contribution is -2.23. The Balaban J connectivity index is 2.45. The van der Waals surface area contributed by atoms with Crippen molar-refractivity contribution in [3.05, 3.63) is 35.1 Å². The highest BCUT2D eigenvalue weighted by Gasteiger charge is 2.24. The van der Waals surface area contributed by atoms with E-state index in [4.69, 9.17) is 0 Å². The van der Waals surface area contributed by atoms with E-state index in [9.17, 15) is 8.60 Å². The Morgan fingerprint density at radius 2 is 2.00 bits per heavy atom. The molecule has 0 saturated heterocycles. The van der Waals surface area contributed by atoms with Crippen molar-refractivity contribution in [2.45, 2.75) is 44.8 Å². The highest BCUT2D eigenvalue weighted by atomic mass is 32.2. The lowest BCUT2D eigenvalue weighted by Gasteiger charge is -2.20. The Morgan fingerprint density at radius 1 is 1.28 bits per heavy atom. The molecule has 0 fully saturated rings. The van der Waals surface area contributed by atoms with Crippen molar-refractivity contribution in [2.75, 3.05) is 0 Å². The van der Waals surface area contributed by atoms with E-state index in [1.807, 2.05) is 26.8 Å². The van der Waals surface area contributed by atoms with Crippen LogP contribution in [0.1, 0.15) is 44.7 Å². The third-order valence-electron chi connectivity index (χ3n) is 2.97. The molecule has 1 unspecified atom stereocenters. The van der Waals surface area contributed by atoms with Gasteiger partial charge in [0.15, 0.2) is 0 Å². The van der Waals surface area contributed by atoms with E-state index in [2.05, 4.69) is 4.40 Å². The summed E-state index contributed by atoms with van der Waals surface area (Å²) in [5.41, 5.74) is 2.20. The molecule has 0 saturated carbocycles. The van der Waals surface area contributed by atoms with Crippen molar-refractivity contribution >= 4 is 16.7 Å². The quantitative estimate of drug-likeness (QED) is 0.766. The Labute approximate surface area is 110 Å². The third kappa shape index (κ3) is 2.69. The highest BCUT2D eigenvalue weighted by molar-refractivity contribution is 7.85. The summed E-state index contributed by atoms with van der Waals surface area (Å²) in [5.74, 6) is -0.253. The lowest BCUT2D eigenvalue weighted by molar-refractivity contribution is 0.617. The van der Waals surface area contributed by atoms with Crippen LogP contribution in [-0.2, 0) is 17.4 Å². The van der Waals surface area contributed by atoms with Gasteiger partial charge in [0, 0.05) is 5.56 Å². The van der Waals surface area contributed by atoms with Crippen LogP contribution in [0.25, 0.3) is 0 Å². The third-order valence-corrected chi connectivity index (χ3v) is 4.40. The molecule has 1 aliphatic rings. The van der Waals surface area contributed by atoms with E-state index in [-0.39, 0.29) is 5.82 Å². The molecule has 0 aliphatic heterocycles. The number of fused-ring (bicyclic) bond motifs is 1. The van der Waals surface area contributed by atoms with E-state index < -0.39 is 15.7 Å². The summed E-state index contributed by atoms with van der Waals surface area (Å²) in [5, 5.41) is 0. The fraction of sp³-hybridized carbons (Fsp3) is 0.500. The summed E-state index contributed by atoms with van der Waals surface area (Å²) >= 11 is 0. The van der Waals surface area contributed by atoms with Crippen LogP contribution in [0.15, 0.2) is 22.6 Å². The summed E-state index contributed by atoms with van der Waals surface area (Å²) in [6.07, 6.45) is 2.51. The molecule has 0 aromatic heterocycles. The van der Waals surface area contributed by atoms with Gasteiger partial charge in [0.25, 0.3) is 0 Å². The SMILES string of the molecule is CC(C)(C)S(=O)/N=C1\CCCc2cccc(F)c21. The fourth-order valence-electron chi connectivity index (χ4n) is 2.00. The molecule has 1 aliphatic carbocycles. The van der Waals surface area contributed by atoms with Gasteiger partial charge < -0.3 is 0 Å². The van der Waals surface area contributed by atoms with Gasteiger partial charge in [0.2, 0.25) is 0 Å². The maximum atomic E-state index is 13.9. The number of aryl methyl sites for hydroxylation is 1. The number of hydrogen-bond acceptors (Lipinski definition) is 1. The van der Waals surface area contributed by atoms with Crippen LogP contribution in [0.4, 0.5) is 4.39 Å². The number of nitrogens with zero attached hydrogens (tertiary/aromatic N) is 1. The first-order valence-corrected chi connectivity index (χ1v) is 7.27. The molecule has 0 bridgehead atoms. The van der Waals surface area contributed by atoms with E-state index in [0.29, 0.717) is 17.7 Å². The van der Waals surface area contributed by atoms with Gasteiger partial charge in [-0.1, -0.05) is 12.1 Å². The predicted molar refractivity (Wildman–Crippen MR) is 73.8 cm³/mol. The van der Waals surface area contributed by atoms with Gasteiger partial charge in [0.05, 0.1) is 10.5 Å². The van der Waals surface area contributed by atoms with Crippen LogP contribution in [0, 0.1) is 5.82 Å². The van der Waals surface area contributed by atoms with Crippen LogP contribution in [0.5, 0.6) is 0 Å². The molecule has 0 spiro atoms. The summed E-state index contributed by atoms with van der Waals surface area (Å²) in [6, 6.07) is 5.09. The molecule has 4 heteroatoms. The number of benzene rings is 1. The smallest absolute Gasteiger partial charge is 0.145 e. The van der Waals surface area contributed by atoms with E-state index >= 15 is 0 Å². The molecular formula is C14H18FNOS. The van der Waals surface area contributed by atoms with Gasteiger partial charge in [-0.3, -0.25) is 0 Å². The Hall–Kier alpha value is -1.03. The van der Waals surface area contributed by atoms with E-state index in [0.717, 1.165) is 18.4 Å². The van der Waals surface area contributed by atoms with Gasteiger partial charge >= 0.3 is 0 Å². The van der Waals surface area contributed by atoms with Crippen LogP contribution in [-0.4, -0.2) is 14.7 Å². The zero-order chi connectivity index (χ0) is 13.3. The molecule has 2 nitrogen and oxygen atoms in total. The number of hydrogen-bond donors (Lipinski definition) is 0. The molecule has 1 atom stereocenters. The van der Waals surface area contributed by atoms with Gasteiger partial charge in [-0.25, -0.2) is 8.60 Å². The van der Waals surface area contributed by atoms with Crippen molar-refractivity contribution in [1.82, 2.24) is 0 Å². The van der Waals surface area contributed by atoms with Crippen molar-refractivity contribution in [2.24, 2.45) is 4.40 Å². The Bertz CT molecular complexity index is 517. The summed E-state index contributed by atoms with van der Waals surface area (Å²) < 4.78 is 29.8. The molecule has 2 rings (SSSR count). The molecule has 1 aromatic rings. The summed E-state index contributed by atoms with van der Waals surface area (Å²) in [4.78, 5) is 0. The van der Waals surface area contributed by atoms with Crippen LogP contribution in [0.3, 0.4) is 0 Å². The Morgan fingerprint density at radius 3 is 2.67 bits per heavy atom. The molecule has 0 amide bonds. The van der Waals surface area contributed by atoms with Crippen LogP contribution < -0.4 is 0 Å². The van der Waals surface area contributed by atoms with Crippen LogP contribution in [0.2, 0.25) is 0 Å². The summed E-state index contributed by atoms with van der Waals surface area (Å²) in [7, 11) is -1.33. The first-order valence-electron chi connectivity index (χ1n) is 6.17. The van der Waals surface area contributed by atoms with Gasteiger partial charge in [-0.2, -0.15) is 4.40 Å². The highest BCUT2D eigenvalue weighted by Crippen LogP contribution is 2.25. The number of rotatable bonds is 1. The van der Waals surface area contributed by atoms with Crippen molar-refractivity contribution in [3.63, 3.8) is 0 Å². The minimum atomic E-state index is -1.33. The first kappa shape index (κ1) is 13.4. The average Bonchev–Trinajstić information content (AvgIpc) is 2.28. The minimum absolute atomic E-state index is 0.253. The minimum Gasteiger partial charge on any atom is -0.234 e. The molecule has 98 valence electrons. The van der Waals surface area contributed by atoms with Gasteiger partial charge in [-0.05, 0) is 51.7 Å². The summed E-state index contributed by atoms with van der Waals surface area (Å²) in [6.45, 7) is 5.62. The zero-order valence-corrected chi connectivity index (χ0v) is 11.8. The van der Waals surface area contributed by atoms with Gasteiger partial charge in [0.1, 0.15) is 16.8 Å². The monoisotopic (exact) mass is 267 g/mol. The molecule has 18 heavy (non-hydrogen) atoms. The standard InChI is InChI=1S/C14H18FNOS/c1-14(2,3)18(17)16-12-9-5-7-10-6-4-8-11(15)13(10)12/h4,6,8H,5,7,9H2,1-3H3/b16-12+. The maximum absolute atomic E-state index is 13.9. The van der Waals surface area contributed by atoms with Gasteiger partial charge in [-0.15, -0.1) is 0 Å². The Kier molecular flexibility index (Phi) is 3.66. The first-order chi connectivity index (χ1) is 8.39. The second kappa shape index (κ2) is 4.92. The lowest BCUT2D eigenvalue weighted by atomic mass is 9.90. The largest absolute Gasteiger partial charge is 0.234 e.